The van der Waals surface area contributed by atoms with E-state index in [4.69, 9.17) is 0 Å². The fourth-order valence-electron chi connectivity index (χ4n) is 1.77. The second kappa shape index (κ2) is 4.61. The van der Waals surface area contributed by atoms with Crippen molar-refractivity contribution in [1.29, 1.82) is 0 Å². The lowest BCUT2D eigenvalue weighted by Crippen LogP contribution is -1.87. The lowest BCUT2D eigenvalue weighted by atomic mass is 10.0. The molecule has 0 saturated carbocycles. The molecular weight excluding hydrogens is 236 g/mol. The second-order valence-electron chi connectivity index (χ2n) is 3.43. The summed E-state index contributed by atoms with van der Waals surface area (Å²) in [6.07, 6.45) is 2.36. The van der Waals surface area contributed by atoms with Crippen LogP contribution in [0.3, 0.4) is 0 Å². The number of hydrogen-bond donors (Lipinski definition) is 0. The minimum absolute atomic E-state index is 1.08. The Morgan fingerprint density at radius 3 is 2.57 bits per heavy atom. The second-order valence-corrected chi connectivity index (χ2v) is 4.22. The van der Waals surface area contributed by atoms with Crippen molar-refractivity contribution in [3.63, 3.8) is 0 Å². The van der Waals surface area contributed by atoms with Crippen LogP contribution in [0.1, 0.15) is 12.0 Å². The van der Waals surface area contributed by atoms with Crippen LogP contribution >= 0.6 is 15.9 Å². The zero-order valence-electron chi connectivity index (χ0n) is 8.04. The number of rotatable bonds is 3. The van der Waals surface area contributed by atoms with E-state index in [0.29, 0.717) is 0 Å². The Bertz CT molecular complexity index is 415. The van der Waals surface area contributed by atoms with E-state index < -0.39 is 0 Å². The third-order valence-electron chi connectivity index (χ3n) is 2.46. The van der Waals surface area contributed by atoms with Gasteiger partial charge < -0.3 is 0 Å². The van der Waals surface area contributed by atoms with Crippen LogP contribution in [0, 0.1) is 0 Å². The first kappa shape index (κ1) is 9.72. The molecule has 0 saturated heterocycles. The van der Waals surface area contributed by atoms with Gasteiger partial charge in [0.2, 0.25) is 0 Å². The summed E-state index contributed by atoms with van der Waals surface area (Å²) in [7, 11) is 0. The summed E-state index contributed by atoms with van der Waals surface area (Å²) in [6, 6.07) is 15.1. The summed E-state index contributed by atoms with van der Waals surface area (Å²) in [5.74, 6) is 0. The molecule has 0 amide bonds. The van der Waals surface area contributed by atoms with Crippen LogP contribution in [-0.2, 0) is 6.42 Å². The van der Waals surface area contributed by atoms with Crippen LogP contribution in [0.15, 0.2) is 42.5 Å². The molecule has 0 aliphatic carbocycles. The molecular formula is C13H13Br. The van der Waals surface area contributed by atoms with Crippen LogP contribution in [0.5, 0.6) is 0 Å². The molecule has 2 aromatic rings. The Morgan fingerprint density at radius 2 is 1.71 bits per heavy atom. The summed E-state index contributed by atoms with van der Waals surface area (Å²) in [6.45, 7) is 0. The van der Waals surface area contributed by atoms with Gasteiger partial charge in [-0.05, 0) is 29.2 Å². The molecule has 0 fully saturated rings. The van der Waals surface area contributed by atoms with Gasteiger partial charge >= 0.3 is 0 Å². The van der Waals surface area contributed by atoms with Gasteiger partial charge in [0.1, 0.15) is 0 Å². The zero-order valence-corrected chi connectivity index (χ0v) is 9.63. The highest BCUT2D eigenvalue weighted by molar-refractivity contribution is 9.09. The van der Waals surface area contributed by atoms with E-state index in [1.54, 1.807) is 0 Å². The first-order valence-electron chi connectivity index (χ1n) is 4.94. The standard InChI is InChI=1S/C13H13Br/c14-10-4-8-12-7-3-6-11-5-1-2-9-13(11)12/h1-3,5-7,9H,4,8,10H2. The van der Waals surface area contributed by atoms with Gasteiger partial charge in [-0.15, -0.1) is 0 Å². The van der Waals surface area contributed by atoms with Gasteiger partial charge in [0, 0.05) is 5.33 Å². The largest absolute Gasteiger partial charge is 0.0928 e. The maximum Gasteiger partial charge on any atom is 0.00344 e. The zero-order chi connectivity index (χ0) is 9.80. The summed E-state index contributed by atoms with van der Waals surface area (Å²) in [5, 5.41) is 3.83. The lowest BCUT2D eigenvalue weighted by molar-refractivity contribution is 0.948. The molecule has 0 unspecified atom stereocenters. The molecule has 0 N–H and O–H groups in total. The predicted octanol–water partition coefficient (Wildman–Crippen LogP) is 4.17. The van der Waals surface area contributed by atoms with Gasteiger partial charge in [0.25, 0.3) is 0 Å². The molecule has 1 heteroatoms. The number of hydrogen-bond acceptors (Lipinski definition) is 0. The Hall–Kier alpha value is -0.820. The number of alkyl halides is 1. The van der Waals surface area contributed by atoms with Crippen molar-refractivity contribution in [1.82, 2.24) is 0 Å². The molecule has 0 radical (unpaired) electrons. The molecule has 0 aliphatic heterocycles. The number of halogens is 1. The van der Waals surface area contributed by atoms with E-state index >= 15 is 0 Å². The molecule has 72 valence electrons. The Kier molecular flexibility index (Phi) is 3.20. The molecule has 0 nitrogen and oxygen atoms in total. The number of fused-ring (bicyclic) bond motifs is 1. The van der Waals surface area contributed by atoms with Crippen LogP contribution in [0.4, 0.5) is 0 Å². The van der Waals surface area contributed by atoms with Crippen molar-refractivity contribution in [3.05, 3.63) is 48.0 Å². The summed E-state index contributed by atoms with van der Waals surface area (Å²) in [5.41, 5.74) is 1.46. The maximum atomic E-state index is 3.47. The van der Waals surface area contributed by atoms with E-state index in [1.807, 2.05) is 0 Å². The Balaban J connectivity index is 2.43. The molecule has 0 atom stereocenters. The van der Waals surface area contributed by atoms with Crippen LogP contribution < -0.4 is 0 Å². The fourth-order valence-corrected chi connectivity index (χ4v) is 2.05. The molecule has 0 aromatic heterocycles. The van der Waals surface area contributed by atoms with E-state index in [0.717, 1.165) is 11.8 Å². The summed E-state index contributed by atoms with van der Waals surface area (Å²) >= 11 is 3.47. The third kappa shape index (κ3) is 1.98. The molecule has 2 aromatic carbocycles. The number of benzene rings is 2. The van der Waals surface area contributed by atoms with Gasteiger partial charge in [0.05, 0.1) is 0 Å². The van der Waals surface area contributed by atoms with Gasteiger partial charge in [-0.25, -0.2) is 0 Å². The third-order valence-corrected chi connectivity index (χ3v) is 3.02. The highest BCUT2D eigenvalue weighted by Crippen LogP contribution is 2.19. The SMILES string of the molecule is BrCCCc1cccc2ccccc12. The van der Waals surface area contributed by atoms with Gasteiger partial charge in [-0.1, -0.05) is 58.4 Å². The van der Waals surface area contributed by atoms with E-state index in [1.165, 1.54) is 22.8 Å². The first-order chi connectivity index (χ1) is 6.92. The van der Waals surface area contributed by atoms with Crippen molar-refractivity contribution >= 4 is 26.7 Å². The quantitative estimate of drug-likeness (QED) is 0.716. The topological polar surface area (TPSA) is 0 Å². The Morgan fingerprint density at radius 1 is 0.929 bits per heavy atom. The monoisotopic (exact) mass is 248 g/mol. The average Bonchev–Trinajstić information content (AvgIpc) is 2.26. The minimum atomic E-state index is 1.08. The number of aryl methyl sites for hydroxylation is 1. The van der Waals surface area contributed by atoms with Gasteiger partial charge in [-0.3, -0.25) is 0 Å². The average molecular weight is 249 g/mol. The Labute approximate surface area is 93.1 Å². The smallest absolute Gasteiger partial charge is 0.00344 e. The normalized spacial score (nSPS) is 10.6. The van der Waals surface area contributed by atoms with E-state index in [-0.39, 0.29) is 0 Å². The first-order valence-corrected chi connectivity index (χ1v) is 6.06. The van der Waals surface area contributed by atoms with Crippen molar-refractivity contribution in [2.24, 2.45) is 0 Å². The maximum absolute atomic E-state index is 3.47. The highest BCUT2D eigenvalue weighted by atomic mass is 79.9. The van der Waals surface area contributed by atoms with Gasteiger partial charge in [-0.2, -0.15) is 0 Å². The van der Waals surface area contributed by atoms with Crippen LogP contribution in [0.2, 0.25) is 0 Å². The van der Waals surface area contributed by atoms with Crippen molar-refractivity contribution in [2.75, 3.05) is 5.33 Å². The summed E-state index contributed by atoms with van der Waals surface area (Å²) in [4.78, 5) is 0. The predicted molar refractivity (Wildman–Crippen MR) is 66.1 cm³/mol. The fraction of sp³-hybridized carbons (Fsp3) is 0.231. The van der Waals surface area contributed by atoms with Crippen molar-refractivity contribution in [2.45, 2.75) is 12.8 Å². The molecule has 0 bridgehead atoms. The van der Waals surface area contributed by atoms with Crippen LogP contribution in [0.25, 0.3) is 10.8 Å². The lowest BCUT2D eigenvalue weighted by Gasteiger charge is -2.04. The van der Waals surface area contributed by atoms with E-state index in [2.05, 4.69) is 58.4 Å². The molecule has 0 aliphatic rings. The molecule has 2 rings (SSSR count). The molecule has 0 spiro atoms. The molecule has 0 heterocycles. The molecule has 14 heavy (non-hydrogen) atoms. The van der Waals surface area contributed by atoms with E-state index in [9.17, 15) is 0 Å². The minimum Gasteiger partial charge on any atom is -0.0928 e. The van der Waals surface area contributed by atoms with Gasteiger partial charge in [0.15, 0.2) is 0 Å². The highest BCUT2D eigenvalue weighted by Gasteiger charge is 1.98. The van der Waals surface area contributed by atoms with Crippen molar-refractivity contribution < 1.29 is 0 Å². The van der Waals surface area contributed by atoms with Crippen LogP contribution in [-0.4, -0.2) is 5.33 Å². The summed E-state index contributed by atoms with van der Waals surface area (Å²) < 4.78 is 0. The van der Waals surface area contributed by atoms with Crippen molar-refractivity contribution in [3.8, 4) is 0 Å².